The summed E-state index contributed by atoms with van der Waals surface area (Å²) >= 11 is 0. The topological polar surface area (TPSA) is 40.5 Å². The van der Waals surface area contributed by atoms with E-state index >= 15 is 0 Å². The van der Waals surface area contributed by atoms with Gasteiger partial charge in [0.15, 0.2) is 0 Å². The highest BCUT2D eigenvalue weighted by Crippen LogP contribution is 2.30. The van der Waals surface area contributed by atoms with Crippen LogP contribution in [0.2, 0.25) is 0 Å². The summed E-state index contributed by atoms with van der Waals surface area (Å²) in [6.45, 7) is 8.12. The van der Waals surface area contributed by atoms with Gasteiger partial charge >= 0.3 is 0 Å². The van der Waals surface area contributed by atoms with Crippen LogP contribution in [-0.2, 0) is 0 Å². The highest BCUT2D eigenvalue weighted by Gasteiger charge is 2.24. The number of aliphatic hydroxyl groups is 2. The van der Waals surface area contributed by atoms with Gasteiger partial charge in [-0.3, -0.25) is 0 Å². The van der Waals surface area contributed by atoms with Gasteiger partial charge in [0.2, 0.25) is 0 Å². The van der Waals surface area contributed by atoms with Crippen LogP contribution in [-0.4, -0.2) is 22.4 Å². The van der Waals surface area contributed by atoms with Gasteiger partial charge in [0.25, 0.3) is 0 Å². The SMILES string of the molecule is CCCC(CCC(C)O)C(CCC)C(C)O. The molecular formula is C14H30O2. The Morgan fingerprint density at radius 3 is 1.75 bits per heavy atom. The van der Waals surface area contributed by atoms with Crippen LogP contribution in [0.25, 0.3) is 0 Å². The lowest BCUT2D eigenvalue weighted by Gasteiger charge is -2.29. The molecule has 0 fully saturated rings. The van der Waals surface area contributed by atoms with Crippen LogP contribution >= 0.6 is 0 Å². The van der Waals surface area contributed by atoms with E-state index in [4.69, 9.17) is 0 Å². The minimum atomic E-state index is -0.217. The predicted molar refractivity (Wildman–Crippen MR) is 69.4 cm³/mol. The third kappa shape index (κ3) is 6.49. The summed E-state index contributed by atoms with van der Waals surface area (Å²) in [7, 11) is 0. The molecule has 4 atom stereocenters. The van der Waals surface area contributed by atoms with Gasteiger partial charge in [-0.1, -0.05) is 33.1 Å². The van der Waals surface area contributed by atoms with E-state index in [1.54, 1.807) is 0 Å². The summed E-state index contributed by atoms with van der Waals surface area (Å²) < 4.78 is 0. The van der Waals surface area contributed by atoms with E-state index in [0.717, 1.165) is 32.1 Å². The Kier molecular flexibility index (Phi) is 8.96. The van der Waals surface area contributed by atoms with Crippen molar-refractivity contribution in [3.05, 3.63) is 0 Å². The highest BCUT2D eigenvalue weighted by molar-refractivity contribution is 4.75. The lowest BCUT2D eigenvalue weighted by atomic mass is 9.79. The molecule has 0 radical (unpaired) electrons. The fourth-order valence-corrected chi connectivity index (χ4v) is 2.60. The molecule has 0 bridgehead atoms. The van der Waals surface area contributed by atoms with Crippen molar-refractivity contribution in [1.29, 1.82) is 0 Å². The van der Waals surface area contributed by atoms with Gasteiger partial charge in [0.1, 0.15) is 0 Å². The van der Waals surface area contributed by atoms with Crippen molar-refractivity contribution in [2.75, 3.05) is 0 Å². The van der Waals surface area contributed by atoms with E-state index in [1.165, 1.54) is 6.42 Å². The largest absolute Gasteiger partial charge is 0.393 e. The van der Waals surface area contributed by atoms with E-state index in [0.29, 0.717) is 11.8 Å². The van der Waals surface area contributed by atoms with Crippen molar-refractivity contribution in [2.45, 2.75) is 78.4 Å². The smallest absolute Gasteiger partial charge is 0.0542 e. The van der Waals surface area contributed by atoms with E-state index in [2.05, 4.69) is 13.8 Å². The Morgan fingerprint density at radius 1 is 0.812 bits per heavy atom. The third-order valence-corrected chi connectivity index (χ3v) is 3.46. The van der Waals surface area contributed by atoms with Crippen LogP contribution in [0.5, 0.6) is 0 Å². The lowest BCUT2D eigenvalue weighted by Crippen LogP contribution is -2.26. The fraction of sp³-hybridized carbons (Fsp3) is 1.00. The molecule has 0 saturated heterocycles. The van der Waals surface area contributed by atoms with Crippen molar-refractivity contribution >= 4 is 0 Å². The molecule has 0 aromatic rings. The minimum absolute atomic E-state index is 0.212. The number of hydrogen-bond donors (Lipinski definition) is 2. The van der Waals surface area contributed by atoms with Crippen molar-refractivity contribution in [1.82, 2.24) is 0 Å². The second-order valence-electron chi connectivity index (χ2n) is 5.17. The molecule has 2 heteroatoms. The molecular weight excluding hydrogens is 200 g/mol. The van der Waals surface area contributed by atoms with E-state index in [1.807, 2.05) is 13.8 Å². The fourth-order valence-electron chi connectivity index (χ4n) is 2.60. The zero-order valence-corrected chi connectivity index (χ0v) is 11.4. The van der Waals surface area contributed by atoms with Crippen molar-refractivity contribution < 1.29 is 10.2 Å². The molecule has 2 N–H and O–H groups in total. The molecule has 0 aliphatic carbocycles. The van der Waals surface area contributed by atoms with Crippen LogP contribution < -0.4 is 0 Å². The molecule has 0 aromatic heterocycles. The summed E-state index contributed by atoms with van der Waals surface area (Å²) in [6, 6.07) is 0. The summed E-state index contributed by atoms with van der Waals surface area (Å²) in [5.41, 5.74) is 0. The molecule has 4 unspecified atom stereocenters. The second-order valence-corrected chi connectivity index (χ2v) is 5.17. The average Bonchev–Trinajstić information content (AvgIpc) is 2.20. The first-order valence-electron chi connectivity index (χ1n) is 6.88. The van der Waals surface area contributed by atoms with Crippen LogP contribution in [0.3, 0.4) is 0 Å². The van der Waals surface area contributed by atoms with Gasteiger partial charge in [-0.2, -0.15) is 0 Å². The molecule has 0 aromatic carbocycles. The van der Waals surface area contributed by atoms with Gasteiger partial charge in [-0.25, -0.2) is 0 Å². The second kappa shape index (κ2) is 9.00. The first-order chi connectivity index (χ1) is 7.52. The van der Waals surface area contributed by atoms with Gasteiger partial charge in [0.05, 0.1) is 12.2 Å². The summed E-state index contributed by atoms with van der Waals surface area (Å²) in [5.74, 6) is 0.975. The van der Waals surface area contributed by atoms with Gasteiger partial charge in [0, 0.05) is 0 Å². The van der Waals surface area contributed by atoms with E-state index < -0.39 is 0 Å². The minimum Gasteiger partial charge on any atom is -0.393 e. The van der Waals surface area contributed by atoms with Gasteiger partial charge in [-0.15, -0.1) is 0 Å². The number of hydrogen-bond acceptors (Lipinski definition) is 2. The van der Waals surface area contributed by atoms with Crippen LogP contribution in [0.4, 0.5) is 0 Å². The highest BCUT2D eigenvalue weighted by atomic mass is 16.3. The molecule has 98 valence electrons. The number of aliphatic hydroxyl groups excluding tert-OH is 2. The monoisotopic (exact) mass is 230 g/mol. The Labute approximate surface area is 101 Å². The van der Waals surface area contributed by atoms with Gasteiger partial charge < -0.3 is 10.2 Å². The first kappa shape index (κ1) is 15.9. The quantitative estimate of drug-likeness (QED) is 0.637. The molecule has 0 rings (SSSR count). The first-order valence-corrected chi connectivity index (χ1v) is 6.88. The Bertz CT molecular complexity index is 155. The molecule has 0 heterocycles. The lowest BCUT2D eigenvalue weighted by molar-refractivity contribution is 0.0659. The Morgan fingerprint density at radius 2 is 1.38 bits per heavy atom. The van der Waals surface area contributed by atoms with Crippen molar-refractivity contribution in [3.63, 3.8) is 0 Å². The standard InChI is InChI=1S/C14H30O2/c1-5-7-13(10-9-11(3)15)14(8-6-2)12(4)16/h11-16H,5-10H2,1-4H3. The maximum absolute atomic E-state index is 9.84. The maximum atomic E-state index is 9.84. The van der Waals surface area contributed by atoms with E-state index in [-0.39, 0.29) is 12.2 Å². The number of rotatable bonds is 9. The molecule has 0 saturated carbocycles. The van der Waals surface area contributed by atoms with E-state index in [9.17, 15) is 10.2 Å². The zero-order chi connectivity index (χ0) is 12.6. The molecule has 0 aliphatic rings. The molecule has 0 amide bonds. The predicted octanol–water partition coefficient (Wildman–Crippen LogP) is 3.36. The zero-order valence-electron chi connectivity index (χ0n) is 11.4. The third-order valence-electron chi connectivity index (χ3n) is 3.46. The van der Waals surface area contributed by atoms with Crippen LogP contribution in [0, 0.1) is 11.8 Å². The summed E-state index contributed by atoms with van der Waals surface area (Å²) in [5, 5.41) is 19.2. The average molecular weight is 230 g/mol. The molecule has 16 heavy (non-hydrogen) atoms. The van der Waals surface area contributed by atoms with Gasteiger partial charge in [-0.05, 0) is 44.9 Å². The van der Waals surface area contributed by atoms with Crippen LogP contribution in [0.1, 0.15) is 66.2 Å². The molecule has 0 aliphatic heterocycles. The van der Waals surface area contributed by atoms with Crippen LogP contribution in [0.15, 0.2) is 0 Å². The summed E-state index contributed by atoms with van der Waals surface area (Å²) in [4.78, 5) is 0. The van der Waals surface area contributed by atoms with Crippen molar-refractivity contribution in [3.8, 4) is 0 Å². The molecule has 2 nitrogen and oxygen atoms in total. The maximum Gasteiger partial charge on any atom is 0.0542 e. The normalized spacial score (nSPS) is 19.1. The Balaban J connectivity index is 4.31. The molecule has 0 spiro atoms. The van der Waals surface area contributed by atoms with Crippen molar-refractivity contribution in [2.24, 2.45) is 11.8 Å². The Hall–Kier alpha value is -0.0800. The summed E-state index contributed by atoms with van der Waals surface area (Å²) in [6.07, 6.45) is 6.03.